The molecule has 4 nitrogen and oxygen atoms in total. The Balaban J connectivity index is 1.59. The van der Waals surface area contributed by atoms with E-state index in [2.05, 4.69) is 27.9 Å². The van der Waals surface area contributed by atoms with Crippen molar-refractivity contribution in [2.45, 2.75) is 25.7 Å². The zero-order chi connectivity index (χ0) is 15.5. The molecule has 1 aromatic rings. The van der Waals surface area contributed by atoms with Crippen LogP contribution in [0.25, 0.3) is 0 Å². The molecule has 4 atom stereocenters. The Labute approximate surface area is 142 Å². The first-order valence-electron chi connectivity index (χ1n) is 7.82. The number of nitrogens with one attached hydrogen (secondary N) is 1. The van der Waals surface area contributed by atoms with Crippen molar-refractivity contribution in [2.24, 2.45) is 29.1 Å². The molecule has 22 heavy (non-hydrogen) atoms. The Morgan fingerprint density at radius 3 is 2.23 bits per heavy atom. The number of hydrogen-bond donors (Lipinski definition) is 2. The van der Waals surface area contributed by atoms with Gasteiger partial charge in [-0.1, -0.05) is 0 Å². The summed E-state index contributed by atoms with van der Waals surface area (Å²) < 4.78 is 1.11. The molecule has 3 aliphatic rings. The Morgan fingerprint density at radius 2 is 1.68 bits per heavy atom. The maximum atomic E-state index is 12.7. The molecule has 1 amide bonds. The lowest BCUT2D eigenvalue weighted by Gasteiger charge is -2.26. The Bertz CT molecular complexity index is 638. The standard InChI is InChI=1S/C17H18INO3/c18-9-1-3-10(4-2-9)19-15(20)13-11-5-6-12(14(13)16(21)22)17(11)7-8-17/h1-4,11-14H,5-8H2,(H,19,20)(H,21,22). The van der Waals surface area contributed by atoms with E-state index in [1.807, 2.05) is 24.3 Å². The van der Waals surface area contributed by atoms with Gasteiger partial charge in [-0.25, -0.2) is 0 Å². The SMILES string of the molecule is O=C(O)C1C(C(=O)Nc2ccc(I)cc2)C2CCC1C21CC1. The summed E-state index contributed by atoms with van der Waals surface area (Å²) in [4.78, 5) is 24.5. The number of hydrogen-bond acceptors (Lipinski definition) is 2. The molecule has 1 spiro atoms. The number of aliphatic carboxylic acids is 1. The maximum absolute atomic E-state index is 12.7. The molecule has 0 heterocycles. The molecule has 2 N–H and O–H groups in total. The minimum atomic E-state index is -0.791. The number of rotatable bonds is 3. The van der Waals surface area contributed by atoms with E-state index in [0.29, 0.717) is 0 Å². The van der Waals surface area contributed by atoms with E-state index in [1.54, 1.807) is 0 Å². The van der Waals surface area contributed by atoms with Crippen molar-refractivity contribution >= 4 is 40.2 Å². The highest BCUT2D eigenvalue weighted by molar-refractivity contribution is 14.1. The van der Waals surface area contributed by atoms with Crippen molar-refractivity contribution in [2.75, 3.05) is 5.32 Å². The fourth-order valence-electron chi connectivity index (χ4n) is 5.10. The van der Waals surface area contributed by atoms with Crippen molar-refractivity contribution in [3.05, 3.63) is 27.8 Å². The van der Waals surface area contributed by atoms with Crippen LogP contribution in [0.1, 0.15) is 25.7 Å². The molecule has 4 rings (SSSR count). The summed E-state index contributed by atoms with van der Waals surface area (Å²) in [5, 5.41) is 12.6. The van der Waals surface area contributed by atoms with Gasteiger partial charge in [0.15, 0.2) is 0 Å². The fraction of sp³-hybridized carbons (Fsp3) is 0.529. The van der Waals surface area contributed by atoms with Gasteiger partial charge in [0.2, 0.25) is 5.91 Å². The van der Waals surface area contributed by atoms with Crippen molar-refractivity contribution in [1.29, 1.82) is 0 Å². The lowest BCUT2D eigenvalue weighted by Crippen LogP contribution is -2.37. The first-order valence-corrected chi connectivity index (χ1v) is 8.90. The lowest BCUT2D eigenvalue weighted by atomic mass is 9.78. The zero-order valence-corrected chi connectivity index (χ0v) is 14.2. The number of halogens is 1. The van der Waals surface area contributed by atoms with Gasteiger partial charge in [0.25, 0.3) is 0 Å². The molecule has 3 saturated carbocycles. The van der Waals surface area contributed by atoms with Gasteiger partial charge in [0, 0.05) is 9.26 Å². The van der Waals surface area contributed by atoms with Crippen LogP contribution in [-0.2, 0) is 9.59 Å². The van der Waals surface area contributed by atoms with Crippen molar-refractivity contribution in [3.8, 4) is 0 Å². The van der Waals surface area contributed by atoms with Gasteiger partial charge in [-0.15, -0.1) is 0 Å². The van der Waals surface area contributed by atoms with Gasteiger partial charge >= 0.3 is 5.97 Å². The van der Waals surface area contributed by atoms with Crippen LogP contribution >= 0.6 is 22.6 Å². The van der Waals surface area contributed by atoms with Crippen LogP contribution in [0.15, 0.2) is 24.3 Å². The van der Waals surface area contributed by atoms with Crippen LogP contribution in [0, 0.1) is 32.7 Å². The molecule has 0 radical (unpaired) electrons. The van der Waals surface area contributed by atoms with Crippen LogP contribution < -0.4 is 5.32 Å². The van der Waals surface area contributed by atoms with Gasteiger partial charge in [0.1, 0.15) is 0 Å². The van der Waals surface area contributed by atoms with Crippen LogP contribution in [0.2, 0.25) is 0 Å². The molecule has 0 aliphatic heterocycles. The van der Waals surface area contributed by atoms with Gasteiger partial charge in [0.05, 0.1) is 11.8 Å². The van der Waals surface area contributed by atoms with Crippen molar-refractivity contribution in [1.82, 2.24) is 0 Å². The van der Waals surface area contributed by atoms with Gasteiger partial charge in [-0.3, -0.25) is 9.59 Å². The molecule has 2 bridgehead atoms. The molecule has 0 aromatic heterocycles. The van der Waals surface area contributed by atoms with Crippen molar-refractivity contribution in [3.63, 3.8) is 0 Å². The van der Waals surface area contributed by atoms with E-state index in [9.17, 15) is 14.7 Å². The van der Waals surface area contributed by atoms with Crippen LogP contribution in [0.5, 0.6) is 0 Å². The molecule has 116 valence electrons. The number of amides is 1. The average Bonchev–Trinajstić information content (AvgIpc) is 3.15. The van der Waals surface area contributed by atoms with Gasteiger partial charge in [-0.2, -0.15) is 0 Å². The minimum absolute atomic E-state index is 0.105. The molecule has 3 fully saturated rings. The smallest absolute Gasteiger partial charge is 0.307 e. The fourth-order valence-corrected chi connectivity index (χ4v) is 5.46. The number of anilines is 1. The van der Waals surface area contributed by atoms with E-state index >= 15 is 0 Å². The highest BCUT2D eigenvalue weighted by Gasteiger charge is 2.71. The predicted molar refractivity (Wildman–Crippen MR) is 90.3 cm³/mol. The third-order valence-corrected chi connectivity index (χ3v) is 6.77. The highest BCUT2D eigenvalue weighted by Crippen LogP contribution is 2.74. The normalized spacial score (nSPS) is 33.9. The second-order valence-corrected chi connectivity index (χ2v) is 8.16. The average molecular weight is 411 g/mol. The first kappa shape index (κ1) is 14.5. The highest BCUT2D eigenvalue weighted by atomic mass is 127. The van der Waals surface area contributed by atoms with E-state index < -0.39 is 11.9 Å². The Morgan fingerprint density at radius 1 is 1.09 bits per heavy atom. The summed E-state index contributed by atoms with van der Waals surface area (Å²) in [7, 11) is 0. The number of carbonyl (C=O) groups is 2. The zero-order valence-electron chi connectivity index (χ0n) is 12.1. The van der Waals surface area contributed by atoms with Crippen LogP contribution in [0.3, 0.4) is 0 Å². The third kappa shape index (κ3) is 2.01. The summed E-state index contributed by atoms with van der Waals surface area (Å²) in [6, 6.07) is 7.62. The minimum Gasteiger partial charge on any atom is -0.481 e. The summed E-state index contributed by atoms with van der Waals surface area (Å²) >= 11 is 2.22. The first-order chi connectivity index (χ1) is 10.5. The Hall–Kier alpha value is -1.11. The molecule has 5 heteroatoms. The molecular formula is C17H18INO3. The van der Waals surface area contributed by atoms with E-state index in [0.717, 1.165) is 34.9 Å². The number of carboxylic acid groups (broad SMARTS) is 1. The van der Waals surface area contributed by atoms with Gasteiger partial charge in [-0.05, 0) is 89.8 Å². The van der Waals surface area contributed by atoms with E-state index in [-0.39, 0.29) is 29.1 Å². The molecule has 1 aromatic carbocycles. The molecule has 4 unspecified atom stereocenters. The maximum Gasteiger partial charge on any atom is 0.307 e. The lowest BCUT2D eigenvalue weighted by molar-refractivity contribution is -0.148. The van der Waals surface area contributed by atoms with Crippen LogP contribution in [-0.4, -0.2) is 17.0 Å². The summed E-state index contributed by atoms with van der Waals surface area (Å²) in [6.45, 7) is 0. The number of carboxylic acids is 1. The van der Waals surface area contributed by atoms with Crippen LogP contribution in [0.4, 0.5) is 5.69 Å². The molecule has 0 saturated heterocycles. The third-order valence-electron chi connectivity index (χ3n) is 6.05. The summed E-state index contributed by atoms with van der Waals surface area (Å²) in [5.41, 5.74) is 0.930. The van der Waals surface area contributed by atoms with Crippen molar-refractivity contribution < 1.29 is 14.7 Å². The number of carbonyl (C=O) groups excluding carboxylic acids is 1. The Kier molecular flexibility index (Phi) is 3.25. The topological polar surface area (TPSA) is 66.4 Å². The van der Waals surface area contributed by atoms with Gasteiger partial charge < -0.3 is 10.4 Å². The second kappa shape index (κ2) is 4.94. The largest absolute Gasteiger partial charge is 0.481 e. The quantitative estimate of drug-likeness (QED) is 0.750. The summed E-state index contributed by atoms with van der Waals surface area (Å²) in [6.07, 6.45) is 4.22. The van der Waals surface area contributed by atoms with E-state index in [4.69, 9.17) is 0 Å². The monoisotopic (exact) mass is 411 g/mol. The predicted octanol–water partition coefficient (Wildman–Crippen LogP) is 3.37. The molecule has 3 aliphatic carbocycles. The second-order valence-electron chi connectivity index (χ2n) is 6.91. The van der Waals surface area contributed by atoms with E-state index in [1.165, 1.54) is 0 Å². The number of benzene rings is 1. The summed E-state index contributed by atoms with van der Waals surface area (Å²) in [5.74, 6) is -1.28. The molecular weight excluding hydrogens is 393 g/mol.